The molecule has 0 fully saturated rings. The molecule has 0 aliphatic heterocycles. The molecule has 8 heteroatoms. The molecular weight excluding hydrogens is 402 g/mol. The van der Waals surface area contributed by atoms with Crippen LogP contribution in [0.15, 0.2) is 59.0 Å². The molecule has 4 aromatic rings. The fourth-order valence-electron chi connectivity index (χ4n) is 3.43. The second-order valence-electron chi connectivity index (χ2n) is 7.06. The molecule has 150 valence electrons. The van der Waals surface area contributed by atoms with Gasteiger partial charge in [-0.15, -0.1) is 11.3 Å². The van der Waals surface area contributed by atoms with E-state index in [9.17, 15) is 19.7 Å². The quantitative estimate of drug-likeness (QED) is 0.269. The summed E-state index contributed by atoms with van der Waals surface area (Å²) >= 11 is 1.38. The molecular formula is C22H17N3O4S. The van der Waals surface area contributed by atoms with Crippen LogP contribution in [0, 0.1) is 24.0 Å². The van der Waals surface area contributed by atoms with Crippen LogP contribution in [-0.4, -0.2) is 20.3 Å². The lowest BCUT2D eigenvalue weighted by molar-refractivity contribution is -0.384. The Hall–Kier alpha value is -3.65. The Bertz CT molecular complexity index is 1370. The molecule has 0 saturated carbocycles. The van der Waals surface area contributed by atoms with Gasteiger partial charge in [-0.1, -0.05) is 35.9 Å². The molecule has 0 amide bonds. The summed E-state index contributed by atoms with van der Waals surface area (Å²) in [6, 6.07) is 11.5. The Labute approximate surface area is 175 Å². The Kier molecular flexibility index (Phi) is 5.01. The van der Waals surface area contributed by atoms with Gasteiger partial charge in [0.1, 0.15) is 4.83 Å². The van der Waals surface area contributed by atoms with E-state index in [0.29, 0.717) is 10.2 Å². The molecule has 0 spiro atoms. The number of ketones is 1. The number of rotatable bonds is 5. The van der Waals surface area contributed by atoms with E-state index in [0.717, 1.165) is 22.3 Å². The zero-order valence-electron chi connectivity index (χ0n) is 16.3. The number of nitro groups is 1. The first kappa shape index (κ1) is 19.7. The number of hydrogen-bond donors (Lipinski definition) is 0. The summed E-state index contributed by atoms with van der Waals surface area (Å²) in [4.78, 5) is 41.2. The predicted octanol–water partition coefficient (Wildman–Crippen LogP) is 4.53. The van der Waals surface area contributed by atoms with Crippen molar-refractivity contribution in [2.24, 2.45) is 0 Å². The smallest absolute Gasteiger partial charge is 0.270 e. The summed E-state index contributed by atoms with van der Waals surface area (Å²) in [7, 11) is 0. The van der Waals surface area contributed by atoms with Crippen molar-refractivity contribution in [3.8, 4) is 11.1 Å². The lowest BCUT2D eigenvalue weighted by atomic mass is 9.99. The van der Waals surface area contributed by atoms with Gasteiger partial charge in [0, 0.05) is 28.6 Å². The molecule has 2 heterocycles. The van der Waals surface area contributed by atoms with Crippen molar-refractivity contribution in [2.75, 3.05) is 0 Å². The number of carbonyl (C=O) groups is 1. The van der Waals surface area contributed by atoms with Gasteiger partial charge < -0.3 is 0 Å². The third kappa shape index (κ3) is 3.53. The minimum Gasteiger partial charge on any atom is -0.292 e. The number of carbonyl (C=O) groups excluding carboxylic acids is 1. The van der Waals surface area contributed by atoms with Gasteiger partial charge in [0.2, 0.25) is 0 Å². The van der Waals surface area contributed by atoms with Crippen LogP contribution in [0.25, 0.3) is 21.3 Å². The number of non-ortho nitro benzene ring substituents is 1. The Morgan fingerprint density at radius 1 is 1.17 bits per heavy atom. The predicted molar refractivity (Wildman–Crippen MR) is 116 cm³/mol. The highest BCUT2D eigenvalue weighted by molar-refractivity contribution is 7.17. The van der Waals surface area contributed by atoms with Crippen molar-refractivity contribution in [1.82, 2.24) is 9.55 Å². The van der Waals surface area contributed by atoms with Crippen LogP contribution in [0.2, 0.25) is 0 Å². The molecule has 0 bridgehead atoms. The fraction of sp³-hybridized carbons (Fsp3) is 0.136. The largest absolute Gasteiger partial charge is 0.292 e. The summed E-state index contributed by atoms with van der Waals surface area (Å²) in [5, 5.41) is 13.3. The molecule has 2 aromatic heterocycles. The van der Waals surface area contributed by atoms with Gasteiger partial charge in [-0.25, -0.2) is 4.98 Å². The van der Waals surface area contributed by atoms with Crippen molar-refractivity contribution in [2.45, 2.75) is 20.4 Å². The molecule has 0 saturated heterocycles. The monoisotopic (exact) mass is 419 g/mol. The molecule has 0 radical (unpaired) electrons. The van der Waals surface area contributed by atoms with Crippen molar-refractivity contribution in [3.63, 3.8) is 0 Å². The summed E-state index contributed by atoms with van der Waals surface area (Å²) in [5.41, 5.74) is 3.63. The van der Waals surface area contributed by atoms with Gasteiger partial charge in [0.05, 0.1) is 23.2 Å². The van der Waals surface area contributed by atoms with Gasteiger partial charge in [0.25, 0.3) is 11.2 Å². The number of nitrogens with zero attached hydrogens (tertiary/aromatic N) is 3. The van der Waals surface area contributed by atoms with Crippen molar-refractivity contribution < 1.29 is 9.72 Å². The first-order valence-corrected chi connectivity index (χ1v) is 10.0. The normalized spacial score (nSPS) is 11.0. The molecule has 30 heavy (non-hydrogen) atoms. The highest BCUT2D eigenvalue weighted by Crippen LogP contribution is 2.33. The molecule has 0 aliphatic carbocycles. The second kappa shape index (κ2) is 7.64. The van der Waals surface area contributed by atoms with Gasteiger partial charge in [0.15, 0.2) is 5.78 Å². The van der Waals surface area contributed by atoms with E-state index in [1.54, 1.807) is 0 Å². The van der Waals surface area contributed by atoms with Crippen LogP contribution in [0.1, 0.15) is 21.5 Å². The van der Waals surface area contributed by atoms with Crippen LogP contribution >= 0.6 is 11.3 Å². The number of benzene rings is 2. The van der Waals surface area contributed by atoms with E-state index in [1.807, 2.05) is 31.4 Å². The van der Waals surface area contributed by atoms with E-state index in [1.165, 1.54) is 46.5 Å². The third-order valence-corrected chi connectivity index (χ3v) is 5.81. The molecule has 0 atom stereocenters. The lowest BCUT2D eigenvalue weighted by Crippen LogP contribution is -2.24. The number of hydrogen-bond acceptors (Lipinski definition) is 6. The topological polar surface area (TPSA) is 95.1 Å². The Morgan fingerprint density at radius 2 is 1.97 bits per heavy atom. The Balaban J connectivity index is 1.75. The maximum atomic E-state index is 13.2. The van der Waals surface area contributed by atoms with E-state index in [2.05, 4.69) is 11.1 Å². The minimum atomic E-state index is -0.557. The van der Waals surface area contributed by atoms with Crippen LogP contribution in [-0.2, 0) is 6.54 Å². The van der Waals surface area contributed by atoms with E-state index in [-0.39, 0.29) is 23.4 Å². The second-order valence-corrected chi connectivity index (χ2v) is 7.91. The van der Waals surface area contributed by atoms with E-state index >= 15 is 0 Å². The summed E-state index contributed by atoms with van der Waals surface area (Å²) in [5.74, 6) is -0.398. The number of nitro benzene ring substituents is 1. The van der Waals surface area contributed by atoms with Crippen LogP contribution in [0.3, 0.4) is 0 Å². The van der Waals surface area contributed by atoms with Crippen molar-refractivity contribution >= 4 is 33.0 Å². The number of fused-ring (bicyclic) bond motifs is 1. The standard InChI is InChI=1S/C22H17N3O4S/c1-13-6-7-17(14(2)8-13)18-11-30-21-20(18)22(27)24(12-23-21)10-19(26)15-4-3-5-16(9-15)25(28)29/h3-9,11-12H,10H2,1-2H3. The average Bonchev–Trinajstić information content (AvgIpc) is 3.14. The average molecular weight is 419 g/mol. The Morgan fingerprint density at radius 3 is 2.70 bits per heavy atom. The van der Waals surface area contributed by atoms with E-state index < -0.39 is 10.7 Å². The number of aryl methyl sites for hydroxylation is 2. The maximum absolute atomic E-state index is 13.2. The fourth-order valence-corrected chi connectivity index (χ4v) is 4.33. The first-order valence-electron chi connectivity index (χ1n) is 9.17. The highest BCUT2D eigenvalue weighted by Gasteiger charge is 2.17. The lowest BCUT2D eigenvalue weighted by Gasteiger charge is -2.08. The molecule has 2 aromatic carbocycles. The van der Waals surface area contributed by atoms with Crippen LogP contribution in [0.5, 0.6) is 0 Å². The van der Waals surface area contributed by atoms with Crippen LogP contribution < -0.4 is 5.56 Å². The SMILES string of the molecule is Cc1ccc(-c2csc3ncn(CC(=O)c4cccc([N+](=O)[O-])c4)c(=O)c23)c(C)c1. The zero-order valence-corrected chi connectivity index (χ0v) is 17.1. The highest BCUT2D eigenvalue weighted by atomic mass is 32.1. The number of aromatic nitrogens is 2. The van der Waals surface area contributed by atoms with Gasteiger partial charge >= 0.3 is 0 Å². The molecule has 0 aliphatic rings. The third-order valence-electron chi connectivity index (χ3n) is 4.93. The minimum absolute atomic E-state index is 0.170. The first-order chi connectivity index (χ1) is 14.3. The molecule has 0 N–H and O–H groups in total. The summed E-state index contributed by atoms with van der Waals surface area (Å²) in [6.45, 7) is 3.76. The summed E-state index contributed by atoms with van der Waals surface area (Å²) < 4.78 is 1.25. The van der Waals surface area contributed by atoms with Gasteiger partial charge in [-0.05, 0) is 25.0 Å². The maximum Gasteiger partial charge on any atom is 0.270 e. The summed E-state index contributed by atoms with van der Waals surface area (Å²) in [6.07, 6.45) is 1.35. The van der Waals surface area contributed by atoms with Crippen LogP contribution in [0.4, 0.5) is 5.69 Å². The van der Waals surface area contributed by atoms with Crippen molar-refractivity contribution in [1.29, 1.82) is 0 Å². The molecule has 0 unspecified atom stereocenters. The van der Waals surface area contributed by atoms with Gasteiger partial charge in [-0.3, -0.25) is 24.3 Å². The zero-order chi connectivity index (χ0) is 21.4. The number of Topliss-reactive ketones (excluding diaryl/α,β-unsaturated/α-hetero) is 1. The van der Waals surface area contributed by atoms with Gasteiger partial charge in [-0.2, -0.15) is 0 Å². The molecule has 4 rings (SSSR count). The van der Waals surface area contributed by atoms with Crippen molar-refractivity contribution in [3.05, 3.63) is 91.3 Å². The molecule has 7 nitrogen and oxygen atoms in total. The van der Waals surface area contributed by atoms with E-state index in [4.69, 9.17) is 0 Å². The number of thiophene rings is 1.